The minimum atomic E-state index is 0.00203. The fourth-order valence-corrected chi connectivity index (χ4v) is 3.67. The SMILES string of the molecule is COc1cccc(-c2cc(C(=O)N3CCN(Cc4ccccc4C)CC3)[nH]n2)c1. The second-order valence-corrected chi connectivity index (χ2v) is 7.39. The smallest absolute Gasteiger partial charge is 0.271 e. The fraction of sp³-hybridized carbons (Fsp3) is 0.304. The van der Waals surface area contributed by atoms with E-state index in [4.69, 9.17) is 4.74 Å². The van der Waals surface area contributed by atoms with Crippen molar-refractivity contribution in [1.82, 2.24) is 20.0 Å². The van der Waals surface area contributed by atoms with Gasteiger partial charge in [0.2, 0.25) is 0 Å². The average molecular weight is 390 g/mol. The van der Waals surface area contributed by atoms with Crippen molar-refractivity contribution in [2.24, 2.45) is 0 Å². The van der Waals surface area contributed by atoms with Gasteiger partial charge in [0.05, 0.1) is 12.8 Å². The summed E-state index contributed by atoms with van der Waals surface area (Å²) in [5, 5.41) is 7.22. The number of carbonyl (C=O) groups is 1. The second kappa shape index (κ2) is 8.49. The van der Waals surface area contributed by atoms with Crippen LogP contribution in [0.1, 0.15) is 21.6 Å². The van der Waals surface area contributed by atoms with Crippen molar-refractivity contribution in [3.63, 3.8) is 0 Å². The van der Waals surface area contributed by atoms with Gasteiger partial charge >= 0.3 is 0 Å². The number of rotatable bonds is 5. The lowest BCUT2D eigenvalue weighted by atomic mass is 10.1. The Bertz CT molecular complexity index is 990. The van der Waals surface area contributed by atoms with Crippen LogP contribution in [0.2, 0.25) is 0 Å². The van der Waals surface area contributed by atoms with E-state index >= 15 is 0 Å². The number of amides is 1. The summed E-state index contributed by atoms with van der Waals surface area (Å²) in [6.07, 6.45) is 0. The molecule has 4 rings (SSSR count). The van der Waals surface area contributed by atoms with Crippen molar-refractivity contribution in [2.75, 3.05) is 33.3 Å². The predicted octanol–water partition coefficient (Wildman–Crippen LogP) is 3.35. The van der Waals surface area contributed by atoms with Crippen LogP contribution in [0.15, 0.2) is 54.6 Å². The Hall–Kier alpha value is -3.12. The maximum Gasteiger partial charge on any atom is 0.271 e. The number of nitrogens with one attached hydrogen (secondary N) is 1. The van der Waals surface area contributed by atoms with Crippen LogP contribution < -0.4 is 4.74 Å². The van der Waals surface area contributed by atoms with Gasteiger partial charge < -0.3 is 9.64 Å². The number of hydrogen-bond donors (Lipinski definition) is 1. The number of nitrogens with zero attached hydrogens (tertiary/aromatic N) is 3. The Morgan fingerprint density at radius 1 is 1.07 bits per heavy atom. The minimum Gasteiger partial charge on any atom is -0.497 e. The van der Waals surface area contributed by atoms with E-state index in [1.54, 1.807) is 7.11 Å². The third kappa shape index (κ3) is 4.32. The number of carbonyl (C=O) groups excluding carboxylic acids is 1. The Kier molecular flexibility index (Phi) is 5.62. The minimum absolute atomic E-state index is 0.00203. The van der Waals surface area contributed by atoms with Gasteiger partial charge in [-0.1, -0.05) is 36.4 Å². The number of aromatic nitrogens is 2. The summed E-state index contributed by atoms with van der Waals surface area (Å²) in [6.45, 7) is 6.26. The van der Waals surface area contributed by atoms with E-state index in [0.29, 0.717) is 5.69 Å². The molecule has 1 aromatic heterocycles. The van der Waals surface area contributed by atoms with Crippen molar-refractivity contribution in [3.8, 4) is 17.0 Å². The molecule has 0 atom stereocenters. The number of aromatic amines is 1. The first-order valence-electron chi connectivity index (χ1n) is 9.90. The van der Waals surface area contributed by atoms with E-state index < -0.39 is 0 Å². The van der Waals surface area contributed by atoms with Gasteiger partial charge in [0.1, 0.15) is 11.4 Å². The maximum absolute atomic E-state index is 12.9. The summed E-state index contributed by atoms with van der Waals surface area (Å²) in [7, 11) is 1.64. The fourth-order valence-electron chi connectivity index (χ4n) is 3.67. The number of piperazine rings is 1. The molecule has 0 aliphatic carbocycles. The van der Waals surface area contributed by atoms with Gasteiger partial charge in [-0.2, -0.15) is 5.10 Å². The number of methoxy groups -OCH3 is 1. The van der Waals surface area contributed by atoms with Gasteiger partial charge in [-0.05, 0) is 36.2 Å². The highest BCUT2D eigenvalue weighted by molar-refractivity contribution is 5.93. The molecule has 1 aliphatic rings. The zero-order valence-electron chi connectivity index (χ0n) is 16.9. The van der Waals surface area contributed by atoms with Crippen molar-refractivity contribution in [1.29, 1.82) is 0 Å². The summed E-state index contributed by atoms with van der Waals surface area (Å²) >= 11 is 0. The van der Waals surface area contributed by atoms with Crippen LogP contribution >= 0.6 is 0 Å². The third-order valence-electron chi connectivity index (χ3n) is 5.49. The quantitative estimate of drug-likeness (QED) is 0.726. The number of aryl methyl sites for hydroxylation is 1. The zero-order valence-corrected chi connectivity index (χ0v) is 16.9. The lowest BCUT2D eigenvalue weighted by molar-refractivity contribution is 0.0622. The molecule has 2 aromatic carbocycles. The third-order valence-corrected chi connectivity index (χ3v) is 5.49. The molecule has 0 unspecified atom stereocenters. The first-order chi connectivity index (χ1) is 14.1. The topological polar surface area (TPSA) is 61.5 Å². The number of H-pyrrole nitrogens is 1. The first kappa shape index (κ1) is 19.2. The van der Waals surface area contributed by atoms with Crippen LogP contribution in [0.25, 0.3) is 11.3 Å². The molecule has 1 fully saturated rings. The van der Waals surface area contributed by atoms with Crippen LogP contribution in [-0.2, 0) is 6.54 Å². The normalized spacial score (nSPS) is 14.8. The Labute approximate surface area is 171 Å². The highest BCUT2D eigenvalue weighted by atomic mass is 16.5. The molecule has 29 heavy (non-hydrogen) atoms. The van der Waals surface area contributed by atoms with Gasteiger partial charge in [-0.25, -0.2) is 0 Å². The summed E-state index contributed by atoms with van der Waals surface area (Å²) in [4.78, 5) is 17.2. The highest BCUT2D eigenvalue weighted by Gasteiger charge is 2.24. The molecule has 0 bridgehead atoms. The Morgan fingerprint density at radius 2 is 1.86 bits per heavy atom. The summed E-state index contributed by atoms with van der Waals surface area (Å²) in [6, 6.07) is 18.0. The largest absolute Gasteiger partial charge is 0.497 e. The molecule has 0 spiro atoms. The van der Waals surface area contributed by atoms with Crippen molar-refractivity contribution >= 4 is 5.91 Å². The Morgan fingerprint density at radius 3 is 2.62 bits per heavy atom. The zero-order chi connectivity index (χ0) is 20.2. The van der Waals surface area contributed by atoms with E-state index in [1.165, 1.54) is 11.1 Å². The Balaban J connectivity index is 1.37. The van der Waals surface area contributed by atoms with Gasteiger partial charge in [0, 0.05) is 38.3 Å². The summed E-state index contributed by atoms with van der Waals surface area (Å²) in [5.41, 5.74) is 4.85. The molecule has 1 N–H and O–H groups in total. The number of hydrogen-bond acceptors (Lipinski definition) is 4. The highest BCUT2D eigenvalue weighted by Crippen LogP contribution is 2.23. The van der Waals surface area contributed by atoms with Gasteiger partial charge in [-0.15, -0.1) is 0 Å². The lowest BCUT2D eigenvalue weighted by Gasteiger charge is -2.34. The standard InChI is InChI=1S/C23H26N4O2/c1-17-6-3-4-7-19(17)16-26-10-12-27(13-11-26)23(28)22-15-21(24-25-22)18-8-5-9-20(14-18)29-2/h3-9,14-15H,10-13,16H2,1-2H3,(H,24,25). The average Bonchev–Trinajstić information content (AvgIpc) is 3.26. The van der Waals surface area contributed by atoms with Crippen LogP contribution in [0.3, 0.4) is 0 Å². The maximum atomic E-state index is 12.9. The number of benzene rings is 2. The molecule has 1 amide bonds. The van der Waals surface area contributed by atoms with Crippen LogP contribution in [0.5, 0.6) is 5.75 Å². The first-order valence-corrected chi connectivity index (χ1v) is 9.90. The summed E-state index contributed by atoms with van der Waals surface area (Å²) < 4.78 is 5.27. The van der Waals surface area contributed by atoms with Crippen molar-refractivity contribution < 1.29 is 9.53 Å². The van der Waals surface area contributed by atoms with E-state index in [9.17, 15) is 4.79 Å². The molecular weight excluding hydrogens is 364 g/mol. The second-order valence-electron chi connectivity index (χ2n) is 7.39. The molecule has 6 heteroatoms. The molecule has 0 radical (unpaired) electrons. The van der Waals surface area contributed by atoms with Crippen molar-refractivity contribution in [2.45, 2.75) is 13.5 Å². The molecule has 3 aromatic rings. The van der Waals surface area contributed by atoms with E-state index in [-0.39, 0.29) is 5.91 Å². The van der Waals surface area contributed by atoms with Crippen LogP contribution in [0.4, 0.5) is 0 Å². The predicted molar refractivity (Wildman–Crippen MR) is 113 cm³/mol. The van der Waals surface area contributed by atoms with Gasteiger partial charge in [0.25, 0.3) is 5.91 Å². The molecule has 1 saturated heterocycles. The molecule has 1 aliphatic heterocycles. The number of ether oxygens (including phenoxy) is 1. The summed E-state index contributed by atoms with van der Waals surface area (Å²) in [5.74, 6) is 0.769. The van der Waals surface area contributed by atoms with Crippen LogP contribution in [-0.4, -0.2) is 59.2 Å². The van der Waals surface area contributed by atoms with Gasteiger partial charge in [0.15, 0.2) is 0 Å². The van der Waals surface area contributed by atoms with Crippen LogP contribution in [0, 0.1) is 6.92 Å². The van der Waals surface area contributed by atoms with Gasteiger partial charge in [-0.3, -0.25) is 14.8 Å². The molecule has 150 valence electrons. The molecule has 2 heterocycles. The monoisotopic (exact) mass is 390 g/mol. The van der Waals surface area contributed by atoms with E-state index in [2.05, 4.69) is 46.3 Å². The lowest BCUT2D eigenvalue weighted by Crippen LogP contribution is -2.48. The molecule has 6 nitrogen and oxygen atoms in total. The van der Waals surface area contributed by atoms with E-state index in [1.807, 2.05) is 35.2 Å². The molecule has 0 saturated carbocycles. The molecular formula is C23H26N4O2. The van der Waals surface area contributed by atoms with Crippen molar-refractivity contribution in [3.05, 3.63) is 71.4 Å². The van der Waals surface area contributed by atoms with E-state index in [0.717, 1.165) is 49.7 Å².